The van der Waals surface area contributed by atoms with E-state index >= 15 is 0 Å². The van der Waals surface area contributed by atoms with Crippen molar-refractivity contribution in [2.75, 3.05) is 5.73 Å². The highest BCUT2D eigenvalue weighted by molar-refractivity contribution is 5.63. The molecule has 0 radical (unpaired) electrons. The zero-order chi connectivity index (χ0) is 18.9. The Balaban J connectivity index is 1.76. The number of anilines is 1. The van der Waals surface area contributed by atoms with E-state index in [0.29, 0.717) is 28.5 Å². The Hall–Kier alpha value is -2.05. The average molecular weight is 364 g/mol. The van der Waals surface area contributed by atoms with Gasteiger partial charge in [-0.25, -0.2) is 4.98 Å². The lowest BCUT2D eigenvalue weighted by atomic mass is 9.99. The molecular formula is C19H23F3N4. The molecule has 4 rings (SSSR count). The molecule has 3 atom stereocenters. The number of aromatic nitrogens is 3. The molecule has 0 spiro atoms. The fourth-order valence-corrected chi connectivity index (χ4v) is 4.78. The van der Waals surface area contributed by atoms with E-state index < -0.39 is 17.6 Å². The number of nitrogens with zero attached hydrogens (tertiary/aromatic N) is 3. The van der Waals surface area contributed by atoms with Gasteiger partial charge in [0.05, 0.1) is 11.3 Å². The molecule has 0 saturated heterocycles. The summed E-state index contributed by atoms with van der Waals surface area (Å²) in [5.74, 6) is 0.609. The van der Waals surface area contributed by atoms with Crippen molar-refractivity contribution in [2.45, 2.75) is 58.2 Å². The van der Waals surface area contributed by atoms with Gasteiger partial charge in [-0.2, -0.15) is 18.3 Å². The summed E-state index contributed by atoms with van der Waals surface area (Å²) in [6, 6.07) is 3.14. The molecule has 140 valence electrons. The van der Waals surface area contributed by atoms with E-state index in [0.717, 1.165) is 11.8 Å². The summed E-state index contributed by atoms with van der Waals surface area (Å²) >= 11 is 0. The lowest BCUT2D eigenvalue weighted by Crippen LogP contribution is -2.11. The zero-order valence-corrected chi connectivity index (χ0v) is 15.1. The van der Waals surface area contributed by atoms with Gasteiger partial charge in [0.15, 0.2) is 0 Å². The molecule has 2 heterocycles. The van der Waals surface area contributed by atoms with Crippen molar-refractivity contribution in [1.29, 1.82) is 0 Å². The molecule has 1 unspecified atom stereocenters. The third kappa shape index (κ3) is 2.51. The fourth-order valence-electron chi connectivity index (χ4n) is 4.78. The number of hydrogen-bond donors (Lipinski definition) is 1. The van der Waals surface area contributed by atoms with Crippen LogP contribution in [0.1, 0.15) is 63.3 Å². The second-order valence-corrected chi connectivity index (χ2v) is 8.13. The Morgan fingerprint density at radius 2 is 2.04 bits per heavy atom. The van der Waals surface area contributed by atoms with Gasteiger partial charge in [0.2, 0.25) is 0 Å². The van der Waals surface area contributed by atoms with Crippen molar-refractivity contribution < 1.29 is 13.2 Å². The molecule has 0 aliphatic heterocycles. The first-order valence-corrected chi connectivity index (χ1v) is 9.05. The Morgan fingerprint density at radius 1 is 1.31 bits per heavy atom. The van der Waals surface area contributed by atoms with Gasteiger partial charge in [-0.15, -0.1) is 0 Å². The van der Waals surface area contributed by atoms with Gasteiger partial charge in [-0.3, -0.25) is 4.68 Å². The summed E-state index contributed by atoms with van der Waals surface area (Å²) in [6.07, 6.45) is 0.537. The van der Waals surface area contributed by atoms with E-state index in [9.17, 15) is 13.2 Å². The van der Waals surface area contributed by atoms with E-state index in [1.54, 1.807) is 0 Å². The molecule has 0 aromatic carbocycles. The van der Waals surface area contributed by atoms with Crippen molar-refractivity contribution in [1.82, 2.24) is 14.8 Å². The lowest BCUT2D eigenvalue weighted by molar-refractivity contribution is -0.137. The number of nitrogen functional groups attached to an aromatic ring is 1. The van der Waals surface area contributed by atoms with Gasteiger partial charge in [-0.1, -0.05) is 13.3 Å². The van der Waals surface area contributed by atoms with Crippen LogP contribution in [0.15, 0.2) is 18.3 Å². The van der Waals surface area contributed by atoms with Crippen LogP contribution in [0.2, 0.25) is 0 Å². The highest BCUT2D eigenvalue weighted by Gasteiger charge is 2.64. The Labute approximate surface area is 150 Å². The molecule has 2 N–H and O–H groups in total. The van der Waals surface area contributed by atoms with Crippen LogP contribution >= 0.6 is 0 Å². The van der Waals surface area contributed by atoms with Crippen LogP contribution in [0.25, 0.3) is 11.3 Å². The van der Waals surface area contributed by atoms with E-state index in [1.807, 2.05) is 24.6 Å². The largest absolute Gasteiger partial charge is 0.419 e. The normalized spacial score (nSPS) is 27.8. The van der Waals surface area contributed by atoms with Crippen molar-refractivity contribution >= 4 is 5.82 Å². The molecule has 26 heavy (non-hydrogen) atoms. The average Bonchev–Trinajstić information content (AvgIpc) is 2.92. The summed E-state index contributed by atoms with van der Waals surface area (Å²) < 4.78 is 41.4. The maximum Gasteiger partial charge on any atom is 0.419 e. The van der Waals surface area contributed by atoms with E-state index in [2.05, 4.69) is 17.0 Å². The van der Waals surface area contributed by atoms with Crippen molar-refractivity contribution in [3.8, 4) is 11.3 Å². The summed E-state index contributed by atoms with van der Waals surface area (Å²) in [6.45, 7) is 6.41. The van der Waals surface area contributed by atoms with Crippen LogP contribution in [0.4, 0.5) is 19.0 Å². The van der Waals surface area contributed by atoms with Crippen LogP contribution < -0.4 is 5.73 Å². The molecule has 7 heteroatoms. The Morgan fingerprint density at radius 3 is 2.62 bits per heavy atom. The summed E-state index contributed by atoms with van der Waals surface area (Å²) in [4.78, 5) is 3.75. The Kier molecular flexibility index (Phi) is 3.66. The number of rotatable bonds is 3. The maximum absolute atomic E-state index is 13.2. The van der Waals surface area contributed by atoms with Gasteiger partial charge in [-0.05, 0) is 50.2 Å². The van der Waals surface area contributed by atoms with Gasteiger partial charge < -0.3 is 5.73 Å². The third-order valence-electron chi connectivity index (χ3n) is 6.17. The van der Waals surface area contributed by atoms with Crippen LogP contribution in [0.3, 0.4) is 0 Å². The number of alkyl halides is 3. The monoisotopic (exact) mass is 364 g/mol. The summed E-state index contributed by atoms with van der Waals surface area (Å²) in [5, 5.41) is 4.62. The first-order valence-electron chi connectivity index (χ1n) is 9.05. The highest BCUT2D eigenvalue weighted by atomic mass is 19.4. The molecular weight excluding hydrogens is 341 g/mol. The summed E-state index contributed by atoms with van der Waals surface area (Å²) in [7, 11) is 0. The van der Waals surface area contributed by atoms with Gasteiger partial charge >= 0.3 is 6.18 Å². The zero-order valence-electron chi connectivity index (χ0n) is 15.1. The van der Waals surface area contributed by atoms with Gasteiger partial charge in [0, 0.05) is 29.4 Å². The number of hydrogen-bond acceptors (Lipinski definition) is 3. The van der Waals surface area contributed by atoms with Gasteiger partial charge in [0.1, 0.15) is 5.82 Å². The topological polar surface area (TPSA) is 56.7 Å². The molecule has 2 saturated carbocycles. The van der Waals surface area contributed by atoms with Gasteiger partial charge in [0.25, 0.3) is 0 Å². The molecule has 2 aliphatic rings. The molecule has 2 fully saturated rings. The molecule has 2 aromatic rings. The number of halogens is 3. The molecule has 0 amide bonds. The minimum absolute atomic E-state index is 0.146. The second-order valence-electron chi connectivity index (χ2n) is 8.13. The Bertz CT molecular complexity index is 855. The quantitative estimate of drug-likeness (QED) is 0.831. The minimum atomic E-state index is -4.53. The van der Waals surface area contributed by atoms with E-state index in [-0.39, 0.29) is 6.04 Å². The molecule has 4 nitrogen and oxygen atoms in total. The van der Waals surface area contributed by atoms with Crippen molar-refractivity contribution in [3.63, 3.8) is 0 Å². The standard InChI is InChI=1S/C19H23F3N4/c1-10(2)26-15(16-12-5-4-6-18(12,16)3)8-14(25-26)11-7-13(19(20,21)22)17(23)24-9-11/h7-10,12,16H,4-6H2,1-3H3,(H2,23,24)/t12-,16+,18?/m0/s1. The van der Waals surface area contributed by atoms with Crippen molar-refractivity contribution in [2.24, 2.45) is 11.3 Å². The van der Waals surface area contributed by atoms with Crippen LogP contribution in [0, 0.1) is 11.3 Å². The minimum Gasteiger partial charge on any atom is -0.383 e. The predicted octanol–water partition coefficient (Wildman–Crippen LogP) is 5.03. The number of nitrogens with two attached hydrogens (primary N) is 1. The van der Waals surface area contributed by atoms with Crippen LogP contribution in [0.5, 0.6) is 0 Å². The third-order valence-corrected chi connectivity index (χ3v) is 6.17. The van der Waals surface area contributed by atoms with Crippen LogP contribution in [-0.4, -0.2) is 14.8 Å². The molecule has 2 aliphatic carbocycles. The predicted molar refractivity (Wildman–Crippen MR) is 93.4 cm³/mol. The summed E-state index contributed by atoms with van der Waals surface area (Å²) in [5.41, 5.74) is 6.84. The van der Waals surface area contributed by atoms with E-state index in [4.69, 9.17) is 5.73 Å². The first-order chi connectivity index (χ1) is 12.1. The van der Waals surface area contributed by atoms with Crippen molar-refractivity contribution in [3.05, 3.63) is 29.6 Å². The number of fused-ring (bicyclic) bond motifs is 1. The smallest absolute Gasteiger partial charge is 0.383 e. The number of pyridine rings is 1. The maximum atomic E-state index is 13.2. The van der Waals surface area contributed by atoms with E-state index in [1.165, 1.54) is 25.5 Å². The first kappa shape index (κ1) is 17.4. The fraction of sp³-hybridized carbons (Fsp3) is 0.579. The molecule has 2 aromatic heterocycles. The SMILES string of the molecule is CC(C)n1nc(-c2cnc(N)c(C(F)(F)F)c2)cc1[C@H]1[C@@H]2CCCC21C. The highest BCUT2D eigenvalue weighted by Crippen LogP contribution is 2.73. The molecule has 0 bridgehead atoms. The second kappa shape index (κ2) is 5.47. The lowest BCUT2D eigenvalue weighted by Gasteiger charge is -2.14. The van der Waals surface area contributed by atoms with Crippen LogP contribution in [-0.2, 0) is 6.18 Å².